The van der Waals surface area contributed by atoms with Crippen LogP contribution in [-0.2, 0) is 18.4 Å². The minimum atomic E-state index is -0.515. The van der Waals surface area contributed by atoms with Crippen molar-refractivity contribution in [1.82, 2.24) is 14.0 Å². The number of hydrogen-bond acceptors (Lipinski definition) is 4. The number of aliphatic hydroxyl groups is 1. The van der Waals surface area contributed by atoms with Gasteiger partial charge in [0.15, 0.2) is 0 Å². The molecule has 0 aromatic carbocycles. The van der Waals surface area contributed by atoms with Crippen molar-refractivity contribution in [3.63, 3.8) is 0 Å². The third kappa shape index (κ3) is 2.53. The summed E-state index contributed by atoms with van der Waals surface area (Å²) in [6, 6.07) is 1.07. The van der Waals surface area contributed by atoms with E-state index in [-0.39, 0.29) is 31.0 Å². The maximum absolute atomic E-state index is 12.2. The van der Waals surface area contributed by atoms with E-state index in [1.165, 1.54) is 23.9 Å². The van der Waals surface area contributed by atoms with E-state index in [0.717, 1.165) is 11.0 Å². The Morgan fingerprint density at radius 2 is 2.15 bits per heavy atom. The number of carbonyl (C=O) groups is 1. The Kier molecular flexibility index (Phi) is 4.08. The third-order valence-corrected chi connectivity index (χ3v) is 3.96. The van der Waals surface area contributed by atoms with Crippen LogP contribution in [0.15, 0.2) is 21.9 Å². The molecular formula is C13H19N3O4. The minimum Gasteiger partial charge on any atom is -0.394 e. The van der Waals surface area contributed by atoms with Gasteiger partial charge in [0, 0.05) is 25.9 Å². The normalized spacial score (nSPS) is 22.2. The van der Waals surface area contributed by atoms with Crippen LogP contribution in [0.3, 0.4) is 0 Å². The molecule has 0 spiro atoms. The summed E-state index contributed by atoms with van der Waals surface area (Å²) >= 11 is 0. The van der Waals surface area contributed by atoms with Gasteiger partial charge in [0.1, 0.15) is 6.54 Å². The molecule has 20 heavy (non-hydrogen) atoms. The summed E-state index contributed by atoms with van der Waals surface area (Å²) in [5.74, 6) is 0.0370. The van der Waals surface area contributed by atoms with E-state index >= 15 is 0 Å². The molecule has 1 fully saturated rings. The van der Waals surface area contributed by atoms with Crippen LogP contribution in [-0.4, -0.2) is 44.2 Å². The molecular weight excluding hydrogens is 262 g/mol. The van der Waals surface area contributed by atoms with Crippen molar-refractivity contribution >= 4 is 5.91 Å². The Hall–Kier alpha value is -1.89. The number of likely N-dealkylation sites (tertiary alicyclic amines) is 1. The number of rotatable bonds is 3. The Balaban J connectivity index is 2.19. The van der Waals surface area contributed by atoms with Crippen LogP contribution in [0.4, 0.5) is 0 Å². The number of nitrogens with zero attached hydrogens (tertiary/aromatic N) is 3. The van der Waals surface area contributed by atoms with E-state index in [2.05, 4.69) is 0 Å². The van der Waals surface area contributed by atoms with Crippen molar-refractivity contribution in [3.05, 3.63) is 33.1 Å². The molecule has 1 aliphatic heterocycles. The highest BCUT2D eigenvalue weighted by Gasteiger charge is 2.33. The minimum absolute atomic E-state index is 0.0743. The van der Waals surface area contributed by atoms with Gasteiger partial charge in [0.2, 0.25) is 5.91 Å². The van der Waals surface area contributed by atoms with Crippen LogP contribution < -0.4 is 11.2 Å². The SMILES string of the molecule is CC1CCN(C(=O)Cn2ccc(=O)n(C)c2=O)C1CO. The molecule has 110 valence electrons. The van der Waals surface area contributed by atoms with Crippen LogP contribution in [0.5, 0.6) is 0 Å². The van der Waals surface area contributed by atoms with Crippen LogP contribution in [0.1, 0.15) is 13.3 Å². The van der Waals surface area contributed by atoms with Crippen LogP contribution in [0, 0.1) is 5.92 Å². The number of amides is 1. The summed E-state index contributed by atoms with van der Waals surface area (Å²) in [7, 11) is 1.38. The predicted octanol–water partition coefficient (Wildman–Crippen LogP) is -1.22. The molecule has 0 aliphatic carbocycles. The summed E-state index contributed by atoms with van der Waals surface area (Å²) in [5, 5.41) is 9.35. The predicted molar refractivity (Wildman–Crippen MR) is 72.3 cm³/mol. The zero-order valence-electron chi connectivity index (χ0n) is 11.7. The van der Waals surface area contributed by atoms with Gasteiger partial charge in [-0.05, 0) is 12.3 Å². The molecule has 1 N–H and O–H groups in total. The first-order valence-electron chi connectivity index (χ1n) is 6.62. The van der Waals surface area contributed by atoms with Gasteiger partial charge in [-0.15, -0.1) is 0 Å². The van der Waals surface area contributed by atoms with Gasteiger partial charge in [-0.3, -0.25) is 18.7 Å². The van der Waals surface area contributed by atoms with Crippen molar-refractivity contribution in [2.75, 3.05) is 13.2 Å². The average molecular weight is 281 g/mol. The first-order valence-corrected chi connectivity index (χ1v) is 6.62. The summed E-state index contributed by atoms with van der Waals surface area (Å²) in [5.41, 5.74) is -0.916. The molecule has 7 heteroatoms. The van der Waals surface area contributed by atoms with Gasteiger partial charge in [-0.1, -0.05) is 6.92 Å². The van der Waals surface area contributed by atoms with E-state index in [0.29, 0.717) is 6.54 Å². The molecule has 1 aromatic rings. The maximum atomic E-state index is 12.2. The largest absolute Gasteiger partial charge is 0.394 e. The first kappa shape index (κ1) is 14.5. The molecule has 2 rings (SSSR count). The molecule has 2 unspecified atom stereocenters. The number of hydrogen-bond donors (Lipinski definition) is 1. The van der Waals surface area contributed by atoms with E-state index in [9.17, 15) is 19.5 Å². The summed E-state index contributed by atoms with van der Waals surface area (Å²) in [6.45, 7) is 2.39. The zero-order valence-corrected chi connectivity index (χ0v) is 11.7. The van der Waals surface area contributed by atoms with Gasteiger partial charge in [0.05, 0.1) is 12.6 Å². The quantitative estimate of drug-likeness (QED) is 0.752. The van der Waals surface area contributed by atoms with Crippen LogP contribution >= 0.6 is 0 Å². The molecule has 2 atom stereocenters. The molecule has 7 nitrogen and oxygen atoms in total. The van der Waals surface area contributed by atoms with Crippen molar-refractivity contribution in [1.29, 1.82) is 0 Å². The number of carbonyl (C=O) groups excluding carboxylic acids is 1. The molecule has 1 aromatic heterocycles. The van der Waals surface area contributed by atoms with E-state index in [1.807, 2.05) is 6.92 Å². The lowest BCUT2D eigenvalue weighted by molar-refractivity contribution is -0.133. The lowest BCUT2D eigenvalue weighted by Crippen LogP contribution is -2.44. The molecule has 1 aliphatic rings. The fourth-order valence-corrected chi connectivity index (χ4v) is 2.57. The first-order chi connectivity index (χ1) is 9.45. The molecule has 1 amide bonds. The zero-order chi connectivity index (χ0) is 14.9. The van der Waals surface area contributed by atoms with Crippen molar-refractivity contribution in [2.24, 2.45) is 13.0 Å². The van der Waals surface area contributed by atoms with Gasteiger partial charge in [-0.2, -0.15) is 0 Å². The van der Waals surface area contributed by atoms with E-state index in [4.69, 9.17) is 0 Å². The average Bonchev–Trinajstić information content (AvgIpc) is 2.80. The third-order valence-electron chi connectivity index (χ3n) is 3.96. The van der Waals surface area contributed by atoms with Crippen LogP contribution in [0.25, 0.3) is 0 Å². The lowest BCUT2D eigenvalue weighted by Gasteiger charge is -2.25. The number of aromatic nitrogens is 2. The second-order valence-electron chi connectivity index (χ2n) is 5.23. The van der Waals surface area contributed by atoms with Crippen molar-refractivity contribution in [2.45, 2.75) is 25.9 Å². The maximum Gasteiger partial charge on any atom is 0.331 e. The highest BCUT2D eigenvalue weighted by molar-refractivity contribution is 5.76. The molecule has 2 heterocycles. The highest BCUT2D eigenvalue weighted by atomic mass is 16.3. The van der Waals surface area contributed by atoms with E-state index < -0.39 is 11.2 Å². The second-order valence-corrected chi connectivity index (χ2v) is 5.23. The van der Waals surface area contributed by atoms with E-state index in [1.54, 1.807) is 4.90 Å². The van der Waals surface area contributed by atoms with Gasteiger partial charge in [0.25, 0.3) is 5.56 Å². The highest BCUT2D eigenvalue weighted by Crippen LogP contribution is 2.23. The summed E-state index contributed by atoms with van der Waals surface area (Å²) in [6.07, 6.45) is 2.18. The standard InChI is InChI=1S/C13H19N3O4/c1-9-3-6-16(10(9)8-17)12(19)7-15-5-4-11(18)14(2)13(15)20/h4-5,9-10,17H,3,6-8H2,1-2H3. The van der Waals surface area contributed by atoms with Crippen LogP contribution in [0.2, 0.25) is 0 Å². The van der Waals surface area contributed by atoms with Gasteiger partial charge in [-0.25, -0.2) is 4.79 Å². The Bertz CT molecular complexity index is 619. The fourth-order valence-electron chi connectivity index (χ4n) is 2.57. The summed E-state index contributed by atoms with van der Waals surface area (Å²) < 4.78 is 2.17. The topological polar surface area (TPSA) is 84.5 Å². The Morgan fingerprint density at radius 1 is 1.45 bits per heavy atom. The summed E-state index contributed by atoms with van der Waals surface area (Å²) in [4.78, 5) is 37.0. The molecule has 0 bridgehead atoms. The fraction of sp³-hybridized carbons (Fsp3) is 0.615. The Morgan fingerprint density at radius 3 is 2.80 bits per heavy atom. The molecule has 0 radical (unpaired) electrons. The molecule has 1 saturated heterocycles. The second kappa shape index (κ2) is 5.62. The Labute approximate surface area is 116 Å². The van der Waals surface area contributed by atoms with Gasteiger partial charge < -0.3 is 10.0 Å². The van der Waals surface area contributed by atoms with Crippen molar-refractivity contribution in [3.8, 4) is 0 Å². The number of aliphatic hydroxyl groups excluding tert-OH is 1. The lowest BCUT2D eigenvalue weighted by atomic mass is 10.0. The monoisotopic (exact) mass is 281 g/mol. The smallest absolute Gasteiger partial charge is 0.331 e. The molecule has 0 saturated carbocycles. The van der Waals surface area contributed by atoms with Crippen molar-refractivity contribution < 1.29 is 9.90 Å². The van der Waals surface area contributed by atoms with Gasteiger partial charge >= 0.3 is 5.69 Å².